The number of rotatable bonds is 7. The van der Waals surface area contributed by atoms with E-state index in [0.29, 0.717) is 27.3 Å². The van der Waals surface area contributed by atoms with Crippen LogP contribution in [-0.4, -0.2) is 33.5 Å². The normalized spacial score (nSPS) is 10.7. The third kappa shape index (κ3) is 5.19. The van der Waals surface area contributed by atoms with Crippen LogP contribution >= 0.6 is 35.0 Å². The van der Waals surface area contributed by atoms with E-state index in [1.54, 1.807) is 25.3 Å². The van der Waals surface area contributed by atoms with Crippen molar-refractivity contribution in [1.29, 1.82) is 0 Å². The van der Waals surface area contributed by atoms with Crippen molar-refractivity contribution in [2.75, 3.05) is 18.2 Å². The second-order valence-corrected chi connectivity index (χ2v) is 7.71. The van der Waals surface area contributed by atoms with E-state index in [1.807, 2.05) is 35.9 Å². The summed E-state index contributed by atoms with van der Waals surface area (Å²) in [7, 11) is 3.52. The first-order valence-electron chi connectivity index (χ1n) is 8.35. The average Bonchev–Trinajstić information content (AvgIpc) is 3.03. The Kier molecular flexibility index (Phi) is 6.83. The lowest BCUT2D eigenvalue weighted by Gasteiger charge is -2.07. The fourth-order valence-corrected chi connectivity index (χ4v) is 3.48. The summed E-state index contributed by atoms with van der Waals surface area (Å²) in [5, 5.41) is 12.7. The first kappa shape index (κ1) is 20.5. The summed E-state index contributed by atoms with van der Waals surface area (Å²) in [6.07, 6.45) is 0.642. The lowest BCUT2D eigenvalue weighted by Crippen LogP contribution is -2.14. The van der Waals surface area contributed by atoms with Gasteiger partial charge in [-0.25, -0.2) is 0 Å². The summed E-state index contributed by atoms with van der Waals surface area (Å²) in [6, 6.07) is 12.8. The van der Waals surface area contributed by atoms with Gasteiger partial charge in [0.2, 0.25) is 5.91 Å². The van der Waals surface area contributed by atoms with E-state index < -0.39 is 0 Å². The molecule has 1 amide bonds. The number of benzene rings is 2. The van der Waals surface area contributed by atoms with E-state index in [0.717, 1.165) is 17.1 Å². The smallest absolute Gasteiger partial charge is 0.234 e. The zero-order valence-corrected chi connectivity index (χ0v) is 17.6. The number of hydrogen-bond acceptors (Lipinski definition) is 5. The fourth-order valence-electron chi connectivity index (χ4n) is 2.45. The van der Waals surface area contributed by atoms with E-state index in [4.69, 9.17) is 27.9 Å². The van der Waals surface area contributed by atoms with Crippen LogP contribution in [0.25, 0.3) is 0 Å². The number of nitrogens with zero attached hydrogens (tertiary/aromatic N) is 3. The lowest BCUT2D eigenvalue weighted by molar-refractivity contribution is -0.113. The molecule has 0 atom stereocenters. The molecule has 0 fully saturated rings. The predicted octanol–water partition coefficient (Wildman–Crippen LogP) is 4.45. The molecule has 0 bridgehead atoms. The van der Waals surface area contributed by atoms with E-state index in [1.165, 1.54) is 11.8 Å². The zero-order valence-electron chi connectivity index (χ0n) is 15.3. The monoisotopic (exact) mass is 436 g/mol. The highest BCUT2D eigenvalue weighted by Crippen LogP contribution is 2.25. The Balaban J connectivity index is 1.57. The van der Waals surface area contributed by atoms with Crippen LogP contribution < -0.4 is 10.1 Å². The lowest BCUT2D eigenvalue weighted by atomic mass is 10.1. The van der Waals surface area contributed by atoms with E-state index in [-0.39, 0.29) is 11.7 Å². The third-order valence-electron chi connectivity index (χ3n) is 3.98. The molecule has 1 aromatic heterocycles. The molecule has 28 heavy (non-hydrogen) atoms. The van der Waals surface area contributed by atoms with Crippen LogP contribution in [0.2, 0.25) is 10.0 Å². The molecule has 0 saturated heterocycles. The van der Waals surface area contributed by atoms with Crippen LogP contribution in [0.15, 0.2) is 47.6 Å². The number of carbonyl (C=O) groups is 1. The van der Waals surface area contributed by atoms with Gasteiger partial charge in [-0.1, -0.05) is 47.1 Å². The predicted molar refractivity (Wildman–Crippen MR) is 113 cm³/mol. The Morgan fingerprint density at radius 3 is 2.57 bits per heavy atom. The van der Waals surface area contributed by atoms with Crippen LogP contribution in [0.1, 0.15) is 11.4 Å². The van der Waals surface area contributed by atoms with Gasteiger partial charge >= 0.3 is 0 Å². The number of aromatic nitrogens is 3. The van der Waals surface area contributed by atoms with Crippen molar-refractivity contribution in [3.63, 3.8) is 0 Å². The molecule has 0 aliphatic carbocycles. The van der Waals surface area contributed by atoms with Gasteiger partial charge in [0.1, 0.15) is 11.6 Å². The highest BCUT2D eigenvalue weighted by molar-refractivity contribution is 7.99. The Morgan fingerprint density at radius 2 is 1.89 bits per heavy atom. The number of methoxy groups -OCH3 is 1. The molecule has 0 aliphatic rings. The molecule has 0 aliphatic heterocycles. The number of carbonyl (C=O) groups excluding carboxylic acids is 1. The van der Waals surface area contributed by atoms with Gasteiger partial charge < -0.3 is 14.6 Å². The minimum Gasteiger partial charge on any atom is -0.497 e. The molecular weight excluding hydrogens is 419 g/mol. The minimum absolute atomic E-state index is 0.164. The summed E-state index contributed by atoms with van der Waals surface area (Å²) in [6.45, 7) is 0. The largest absolute Gasteiger partial charge is 0.497 e. The number of anilines is 1. The van der Waals surface area contributed by atoms with Crippen LogP contribution in [0, 0.1) is 0 Å². The number of amides is 1. The van der Waals surface area contributed by atoms with Crippen molar-refractivity contribution in [3.8, 4) is 5.75 Å². The first-order chi connectivity index (χ1) is 13.5. The van der Waals surface area contributed by atoms with Crippen LogP contribution in [0.5, 0.6) is 5.75 Å². The summed E-state index contributed by atoms with van der Waals surface area (Å²) < 4.78 is 7.06. The van der Waals surface area contributed by atoms with Gasteiger partial charge in [-0.2, -0.15) is 0 Å². The minimum atomic E-state index is -0.164. The van der Waals surface area contributed by atoms with Crippen LogP contribution in [0.4, 0.5) is 5.69 Å². The summed E-state index contributed by atoms with van der Waals surface area (Å²) in [4.78, 5) is 12.2. The maximum atomic E-state index is 12.2. The Bertz CT molecular complexity index is 977. The molecular formula is C19H18Cl2N4O2S. The molecule has 146 valence electrons. The van der Waals surface area contributed by atoms with Gasteiger partial charge in [0.05, 0.1) is 22.9 Å². The van der Waals surface area contributed by atoms with Crippen molar-refractivity contribution in [2.45, 2.75) is 11.6 Å². The summed E-state index contributed by atoms with van der Waals surface area (Å²) >= 11 is 13.2. The highest BCUT2D eigenvalue weighted by atomic mass is 35.5. The van der Waals surface area contributed by atoms with E-state index in [2.05, 4.69) is 15.5 Å². The van der Waals surface area contributed by atoms with Gasteiger partial charge in [-0.05, 0) is 35.9 Å². The first-order valence-corrected chi connectivity index (χ1v) is 10.1. The quantitative estimate of drug-likeness (QED) is 0.553. The SMILES string of the molecule is COc1ccc(Cc2nnc(SCC(=O)Nc3ccc(Cl)c(Cl)c3)n2C)cc1. The second kappa shape index (κ2) is 9.32. The van der Waals surface area contributed by atoms with Gasteiger partial charge in [-0.3, -0.25) is 4.79 Å². The molecule has 9 heteroatoms. The number of nitrogens with one attached hydrogen (secondary N) is 1. The van der Waals surface area contributed by atoms with Crippen LogP contribution in [0.3, 0.4) is 0 Å². The van der Waals surface area contributed by atoms with Crippen molar-refractivity contribution in [2.24, 2.45) is 7.05 Å². The van der Waals surface area contributed by atoms with Crippen molar-refractivity contribution < 1.29 is 9.53 Å². The average molecular weight is 437 g/mol. The van der Waals surface area contributed by atoms with E-state index in [9.17, 15) is 4.79 Å². The molecule has 0 radical (unpaired) electrons. The topological polar surface area (TPSA) is 69.0 Å². The summed E-state index contributed by atoms with van der Waals surface area (Å²) in [5.74, 6) is 1.67. The zero-order chi connectivity index (χ0) is 20.1. The molecule has 0 spiro atoms. The maximum Gasteiger partial charge on any atom is 0.234 e. The standard InChI is InChI=1S/C19H18Cl2N4O2S/c1-25-17(9-12-3-6-14(27-2)7-4-12)23-24-19(25)28-11-18(26)22-13-5-8-15(20)16(21)10-13/h3-8,10H,9,11H2,1-2H3,(H,22,26). The molecule has 2 aromatic carbocycles. The second-order valence-electron chi connectivity index (χ2n) is 5.95. The molecule has 0 unspecified atom stereocenters. The molecule has 6 nitrogen and oxygen atoms in total. The number of ether oxygens (including phenoxy) is 1. The van der Waals surface area contributed by atoms with E-state index >= 15 is 0 Å². The number of hydrogen-bond donors (Lipinski definition) is 1. The van der Waals surface area contributed by atoms with Crippen LogP contribution in [-0.2, 0) is 18.3 Å². The maximum absolute atomic E-state index is 12.2. The van der Waals surface area contributed by atoms with Crippen molar-refractivity contribution >= 4 is 46.6 Å². The van der Waals surface area contributed by atoms with Crippen molar-refractivity contribution in [1.82, 2.24) is 14.8 Å². The Labute approximate surface area is 177 Å². The Morgan fingerprint density at radius 1 is 1.14 bits per heavy atom. The number of thioether (sulfide) groups is 1. The highest BCUT2D eigenvalue weighted by Gasteiger charge is 2.12. The van der Waals surface area contributed by atoms with Gasteiger partial charge in [0, 0.05) is 19.2 Å². The molecule has 1 N–H and O–H groups in total. The number of halogens is 2. The molecule has 3 rings (SSSR count). The van der Waals surface area contributed by atoms with Gasteiger partial charge in [0.25, 0.3) is 0 Å². The fraction of sp³-hybridized carbons (Fsp3) is 0.211. The molecule has 0 saturated carbocycles. The molecule has 1 heterocycles. The van der Waals surface area contributed by atoms with Gasteiger partial charge in [0.15, 0.2) is 5.16 Å². The van der Waals surface area contributed by atoms with Crippen molar-refractivity contribution in [3.05, 3.63) is 63.9 Å². The van der Waals surface area contributed by atoms with Gasteiger partial charge in [-0.15, -0.1) is 10.2 Å². The third-order valence-corrected chi connectivity index (χ3v) is 5.74. The summed E-state index contributed by atoms with van der Waals surface area (Å²) in [5.41, 5.74) is 1.70. The Hall–Kier alpha value is -2.22. The molecule has 3 aromatic rings.